The Balaban J connectivity index is 1.78. The fourth-order valence-electron chi connectivity index (χ4n) is 4.56. The van der Waals surface area contributed by atoms with Crippen molar-refractivity contribution in [3.8, 4) is 5.75 Å². The third-order valence-electron chi connectivity index (χ3n) is 6.36. The minimum Gasteiger partial charge on any atom is -0.497 e. The molecule has 170 valence electrons. The molecule has 0 spiro atoms. The van der Waals surface area contributed by atoms with Crippen LogP contribution >= 0.6 is 0 Å². The van der Waals surface area contributed by atoms with Crippen LogP contribution in [0.1, 0.15) is 51.6 Å². The molecule has 3 amide bonds. The smallest absolute Gasteiger partial charge is 0.228 e. The van der Waals surface area contributed by atoms with E-state index in [4.69, 9.17) is 4.74 Å². The first kappa shape index (κ1) is 23.1. The zero-order chi connectivity index (χ0) is 22.5. The maximum absolute atomic E-state index is 13.5. The number of likely N-dealkylation sites (tertiary alicyclic amines) is 1. The molecule has 7 heteroatoms. The van der Waals surface area contributed by atoms with Crippen LogP contribution in [0, 0.1) is 11.8 Å². The van der Waals surface area contributed by atoms with Crippen LogP contribution in [0.2, 0.25) is 0 Å². The summed E-state index contributed by atoms with van der Waals surface area (Å²) >= 11 is 0. The number of nitrogens with zero attached hydrogens (tertiary/aromatic N) is 3. The van der Waals surface area contributed by atoms with Gasteiger partial charge in [0.05, 0.1) is 19.1 Å². The Morgan fingerprint density at radius 2 is 1.68 bits per heavy atom. The van der Waals surface area contributed by atoms with Crippen molar-refractivity contribution in [1.82, 2.24) is 14.7 Å². The van der Waals surface area contributed by atoms with Gasteiger partial charge in [0, 0.05) is 45.1 Å². The maximum Gasteiger partial charge on any atom is 0.228 e. The summed E-state index contributed by atoms with van der Waals surface area (Å²) in [4.78, 5) is 44.2. The van der Waals surface area contributed by atoms with Gasteiger partial charge in [-0.2, -0.15) is 0 Å². The van der Waals surface area contributed by atoms with Crippen LogP contribution in [0.4, 0.5) is 0 Å². The van der Waals surface area contributed by atoms with Gasteiger partial charge in [0.25, 0.3) is 0 Å². The quantitative estimate of drug-likeness (QED) is 0.668. The number of methoxy groups -OCH3 is 1. The molecule has 0 aromatic heterocycles. The van der Waals surface area contributed by atoms with Crippen molar-refractivity contribution in [1.29, 1.82) is 0 Å². The minimum atomic E-state index is -0.398. The highest BCUT2D eigenvalue weighted by Gasteiger charge is 2.46. The molecule has 7 nitrogen and oxygen atoms in total. The van der Waals surface area contributed by atoms with Crippen LogP contribution in [0.3, 0.4) is 0 Å². The molecule has 2 saturated heterocycles. The summed E-state index contributed by atoms with van der Waals surface area (Å²) in [6.45, 7) is 8.70. The topological polar surface area (TPSA) is 70.2 Å². The van der Waals surface area contributed by atoms with Crippen LogP contribution in [-0.2, 0) is 14.4 Å². The summed E-state index contributed by atoms with van der Waals surface area (Å²) in [6, 6.07) is 7.43. The molecule has 0 radical (unpaired) electrons. The third kappa shape index (κ3) is 5.02. The van der Waals surface area contributed by atoms with Crippen LogP contribution in [-0.4, -0.2) is 72.3 Å². The number of ether oxygens (including phenoxy) is 1. The fourth-order valence-corrected chi connectivity index (χ4v) is 4.56. The van der Waals surface area contributed by atoms with E-state index < -0.39 is 5.92 Å². The largest absolute Gasteiger partial charge is 0.497 e. The summed E-state index contributed by atoms with van der Waals surface area (Å²) in [5, 5.41) is 0. The number of unbranched alkanes of at least 4 members (excludes halogenated alkanes) is 1. The number of carbonyl (C=O) groups excluding carboxylic acids is 3. The Morgan fingerprint density at radius 1 is 1.06 bits per heavy atom. The highest BCUT2D eigenvalue weighted by atomic mass is 16.5. The van der Waals surface area contributed by atoms with Gasteiger partial charge in [-0.3, -0.25) is 14.4 Å². The number of piperazine rings is 1. The number of carbonyl (C=O) groups is 3. The summed E-state index contributed by atoms with van der Waals surface area (Å²) in [7, 11) is 1.62. The molecular weight excluding hydrogens is 394 g/mol. The van der Waals surface area contributed by atoms with Gasteiger partial charge in [-0.15, -0.1) is 0 Å². The van der Waals surface area contributed by atoms with Crippen molar-refractivity contribution in [3.63, 3.8) is 0 Å². The van der Waals surface area contributed by atoms with Gasteiger partial charge in [-0.1, -0.05) is 39.3 Å². The van der Waals surface area contributed by atoms with E-state index in [9.17, 15) is 14.4 Å². The van der Waals surface area contributed by atoms with E-state index in [2.05, 4.69) is 6.92 Å². The lowest BCUT2D eigenvalue weighted by Gasteiger charge is -2.38. The third-order valence-corrected chi connectivity index (χ3v) is 6.36. The van der Waals surface area contributed by atoms with E-state index in [1.54, 1.807) is 7.11 Å². The van der Waals surface area contributed by atoms with Gasteiger partial charge in [0.2, 0.25) is 17.7 Å². The zero-order valence-electron chi connectivity index (χ0n) is 19.2. The first-order valence-corrected chi connectivity index (χ1v) is 11.4. The molecule has 1 aromatic rings. The van der Waals surface area contributed by atoms with Crippen LogP contribution in [0.5, 0.6) is 5.75 Å². The fraction of sp³-hybridized carbons (Fsp3) is 0.625. The van der Waals surface area contributed by atoms with Gasteiger partial charge in [-0.05, 0) is 24.1 Å². The molecule has 0 aliphatic carbocycles. The lowest BCUT2D eigenvalue weighted by molar-refractivity contribution is -0.144. The van der Waals surface area contributed by atoms with Gasteiger partial charge < -0.3 is 19.4 Å². The first-order chi connectivity index (χ1) is 14.9. The molecular formula is C24H35N3O4. The Hall–Kier alpha value is -2.57. The minimum absolute atomic E-state index is 0.0183. The standard InChI is InChI=1S/C24H35N3O4/c1-5-6-11-27-21(28)16-20(22(27)18-7-9-19(31-4)10-8-18)24(30)26-14-12-25(13-15-26)23(29)17(2)3/h7-10,17,20,22H,5-6,11-16H2,1-4H3/t20-,22+/m0/s1. The molecule has 3 rings (SSSR count). The van der Waals surface area contributed by atoms with Crippen molar-refractivity contribution in [3.05, 3.63) is 29.8 Å². The lowest BCUT2D eigenvalue weighted by Crippen LogP contribution is -2.53. The Kier molecular flexibility index (Phi) is 7.57. The summed E-state index contributed by atoms with van der Waals surface area (Å²) < 4.78 is 5.27. The molecule has 2 atom stereocenters. The van der Waals surface area contributed by atoms with E-state index in [0.29, 0.717) is 32.7 Å². The first-order valence-electron chi connectivity index (χ1n) is 11.4. The summed E-state index contributed by atoms with van der Waals surface area (Å²) in [6.07, 6.45) is 2.14. The monoisotopic (exact) mass is 429 g/mol. The van der Waals surface area contributed by atoms with Crippen LogP contribution in [0.25, 0.3) is 0 Å². The number of benzene rings is 1. The molecule has 31 heavy (non-hydrogen) atoms. The Bertz CT molecular complexity index is 785. The van der Waals surface area contributed by atoms with Gasteiger partial charge in [0.1, 0.15) is 5.75 Å². The SMILES string of the molecule is CCCCN1C(=O)C[C@H](C(=O)N2CCN(C(=O)C(C)C)CC2)[C@H]1c1ccc(OC)cc1. The van der Waals surface area contributed by atoms with E-state index in [-0.39, 0.29) is 36.1 Å². The summed E-state index contributed by atoms with van der Waals surface area (Å²) in [5.41, 5.74) is 0.967. The molecule has 0 bridgehead atoms. The zero-order valence-corrected chi connectivity index (χ0v) is 19.2. The lowest BCUT2D eigenvalue weighted by atomic mass is 9.91. The second-order valence-electron chi connectivity index (χ2n) is 8.77. The van der Waals surface area contributed by atoms with E-state index >= 15 is 0 Å². The Labute approximate surface area is 185 Å². The molecule has 0 N–H and O–H groups in total. The van der Waals surface area contributed by atoms with Crippen molar-refractivity contribution in [2.75, 3.05) is 39.8 Å². The number of hydrogen-bond acceptors (Lipinski definition) is 4. The van der Waals surface area contributed by atoms with Crippen molar-refractivity contribution < 1.29 is 19.1 Å². The average molecular weight is 430 g/mol. The van der Waals surface area contributed by atoms with E-state index in [0.717, 1.165) is 24.2 Å². The van der Waals surface area contributed by atoms with Gasteiger partial charge in [0.15, 0.2) is 0 Å². The molecule has 2 fully saturated rings. The number of amides is 3. The normalized spacial score (nSPS) is 21.7. The van der Waals surface area contributed by atoms with E-state index in [1.807, 2.05) is 52.8 Å². The van der Waals surface area contributed by atoms with Gasteiger partial charge >= 0.3 is 0 Å². The molecule has 1 aromatic carbocycles. The maximum atomic E-state index is 13.5. The van der Waals surface area contributed by atoms with Gasteiger partial charge in [-0.25, -0.2) is 0 Å². The molecule has 2 aliphatic rings. The van der Waals surface area contributed by atoms with E-state index in [1.165, 1.54) is 0 Å². The van der Waals surface area contributed by atoms with Crippen molar-refractivity contribution >= 4 is 17.7 Å². The highest BCUT2D eigenvalue weighted by Crippen LogP contribution is 2.40. The predicted octanol–water partition coefficient (Wildman–Crippen LogP) is 2.71. The van der Waals surface area contributed by atoms with Crippen LogP contribution < -0.4 is 4.74 Å². The second kappa shape index (κ2) is 10.2. The average Bonchev–Trinajstić information content (AvgIpc) is 3.12. The number of rotatable bonds is 7. The molecule has 0 saturated carbocycles. The Morgan fingerprint density at radius 3 is 2.23 bits per heavy atom. The number of hydrogen-bond donors (Lipinski definition) is 0. The van der Waals surface area contributed by atoms with Crippen LogP contribution in [0.15, 0.2) is 24.3 Å². The molecule has 2 aliphatic heterocycles. The molecule has 2 heterocycles. The summed E-state index contributed by atoms with van der Waals surface area (Å²) in [5.74, 6) is 0.504. The second-order valence-corrected chi connectivity index (χ2v) is 8.77. The highest BCUT2D eigenvalue weighted by molar-refractivity contribution is 5.90. The van der Waals surface area contributed by atoms with Crippen molar-refractivity contribution in [2.45, 2.75) is 46.1 Å². The predicted molar refractivity (Wildman–Crippen MR) is 118 cm³/mol. The van der Waals surface area contributed by atoms with Crippen molar-refractivity contribution in [2.24, 2.45) is 11.8 Å². The molecule has 0 unspecified atom stereocenters.